The second-order valence-corrected chi connectivity index (χ2v) is 7.17. The predicted molar refractivity (Wildman–Crippen MR) is 110 cm³/mol. The van der Waals surface area contributed by atoms with Gasteiger partial charge in [-0.1, -0.05) is 42.5 Å². The fourth-order valence-corrected chi connectivity index (χ4v) is 3.01. The minimum absolute atomic E-state index is 0.0409. The molecular weight excluding hydrogens is 358 g/mol. The normalized spacial score (nSPS) is 10.4. The molecule has 5 heteroatoms. The average Bonchev–Trinajstić information content (AvgIpc) is 2.71. The molecular formula is C22H27NO3S. The van der Waals surface area contributed by atoms with Crippen molar-refractivity contribution in [2.75, 3.05) is 12.9 Å². The maximum atomic E-state index is 11.9. The van der Waals surface area contributed by atoms with Gasteiger partial charge in [-0.3, -0.25) is 9.59 Å². The number of hydrogen-bond donors (Lipinski definition) is 1. The van der Waals surface area contributed by atoms with Crippen LogP contribution in [-0.4, -0.2) is 24.7 Å². The molecule has 2 rings (SSSR count). The van der Waals surface area contributed by atoms with Crippen molar-refractivity contribution in [1.29, 1.82) is 0 Å². The fourth-order valence-electron chi connectivity index (χ4n) is 2.60. The molecule has 0 spiro atoms. The Labute approximate surface area is 165 Å². The highest BCUT2D eigenvalue weighted by Gasteiger charge is 2.06. The molecule has 0 aliphatic rings. The summed E-state index contributed by atoms with van der Waals surface area (Å²) in [5.74, 6) is -0.274. The van der Waals surface area contributed by atoms with Gasteiger partial charge in [0.05, 0.1) is 6.61 Å². The molecule has 2 aromatic carbocycles. The van der Waals surface area contributed by atoms with Gasteiger partial charge in [0.2, 0.25) is 5.91 Å². The van der Waals surface area contributed by atoms with Gasteiger partial charge in [-0.15, -0.1) is 11.8 Å². The van der Waals surface area contributed by atoms with E-state index in [0.29, 0.717) is 26.0 Å². The molecule has 0 bridgehead atoms. The Morgan fingerprint density at radius 2 is 1.67 bits per heavy atom. The summed E-state index contributed by atoms with van der Waals surface area (Å²) < 4.78 is 5.22. The van der Waals surface area contributed by atoms with Crippen LogP contribution in [0.3, 0.4) is 0 Å². The molecule has 2 aromatic rings. The molecule has 0 aliphatic carbocycles. The van der Waals surface area contributed by atoms with Gasteiger partial charge in [0.15, 0.2) is 0 Å². The van der Waals surface area contributed by atoms with Gasteiger partial charge in [0.1, 0.15) is 0 Å². The van der Waals surface area contributed by atoms with Crippen molar-refractivity contribution in [3.05, 3.63) is 65.7 Å². The molecule has 0 unspecified atom stereocenters. The molecule has 1 amide bonds. The van der Waals surface area contributed by atoms with E-state index < -0.39 is 0 Å². The molecule has 0 aliphatic heterocycles. The first-order chi connectivity index (χ1) is 13.2. The van der Waals surface area contributed by atoms with Crippen LogP contribution in [0.25, 0.3) is 0 Å². The van der Waals surface area contributed by atoms with Crippen molar-refractivity contribution in [2.45, 2.75) is 43.5 Å². The monoisotopic (exact) mass is 385 g/mol. The van der Waals surface area contributed by atoms with Crippen LogP contribution in [0.1, 0.15) is 36.8 Å². The molecule has 0 aromatic heterocycles. The number of aryl methyl sites for hydroxylation is 1. The summed E-state index contributed by atoms with van der Waals surface area (Å²) in [6, 6.07) is 18.2. The second-order valence-electron chi connectivity index (χ2n) is 6.29. The zero-order valence-corrected chi connectivity index (χ0v) is 16.6. The molecule has 0 saturated carbocycles. The Bertz CT molecular complexity index is 701. The van der Waals surface area contributed by atoms with Crippen molar-refractivity contribution in [3.63, 3.8) is 0 Å². The van der Waals surface area contributed by atoms with Crippen molar-refractivity contribution in [1.82, 2.24) is 5.32 Å². The smallest absolute Gasteiger partial charge is 0.305 e. The maximum absolute atomic E-state index is 11.9. The van der Waals surface area contributed by atoms with Gasteiger partial charge >= 0.3 is 5.97 Å². The van der Waals surface area contributed by atoms with E-state index in [4.69, 9.17) is 4.74 Å². The Morgan fingerprint density at radius 3 is 2.37 bits per heavy atom. The van der Waals surface area contributed by atoms with E-state index in [1.54, 1.807) is 11.8 Å². The third-order valence-corrected chi connectivity index (χ3v) is 4.89. The number of rotatable bonds is 11. The standard InChI is InChI=1S/C22H27NO3S/c1-27-20-14-12-19(13-15-20)17-23-21(24)10-5-11-22(25)26-16-6-9-18-7-3-2-4-8-18/h2-4,7-8,12-15H,5-6,9-11,16-17H2,1H3,(H,23,24). The number of benzene rings is 2. The lowest BCUT2D eigenvalue weighted by Gasteiger charge is -2.07. The number of esters is 1. The van der Waals surface area contributed by atoms with Crippen LogP contribution in [0.15, 0.2) is 59.5 Å². The van der Waals surface area contributed by atoms with Crippen LogP contribution >= 0.6 is 11.8 Å². The molecule has 144 valence electrons. The van der Waals surface area contributed by atoms with Gasteiger partial charge in [-0.05, 0) is 48.8 Å². The molecule has 27 heavy (non-hydrogen) atoms. The van der Waals surface area contributed by atoms with Crippen LogP contribution in [0.4, 0.5) is 0 Å². The van der Waals surface area contributed by atoms with Crippen LogP contribution in [0, 0.1) is 0 Å². The lowest BCUT2D eigenvalue weighted by molar-refractivity contribution is -0.143. The van der Waals surface area contributed by atoms with E-state index in [1.165, 1.54) is 10.5 Å². The predicted octanol–water partition coefficient (Wildman–Crippen LogP) is 4.37. The molecule has 0 saturated heterocycles. The van der Waals surface area contributed by atoms with E-state index in [9.17, 15) is 9.59 Å². The molecule has 1 N–H and O–H groups in total. The summed E-state index contributed by atoms with van der Waals surface area (Å²) in [6.45, 7) is 0.934. The number of amides is 1. The van der Waals surface area contributed by atoms with E-state index in [0.717, 1.165) is 18.4 Å². The fraction of sp³-hybridized carbons (Fsp3) is 0.364. The summed E-state index contributed by atoms with van der Waals surface area (Å²) in [6.07, 6.45) is 4.86. The van der Waals surface area contributed by atoms with Gasteiger partial charge in [-0.25, -0.2) is 0 Å². The minimum Gasteiger partial charge on any atom is -0.466 e. The highest BCUT2D eigenvalue weighted by molar-refractivity contribution is 7.98. The molecule has 0 radical (unpaired) electrons. The maximum Gasteiger partial charge on any atom is 0.305 e. The van der Waals surface area contributed by atoms with Crippen molar-refractivity contribution < 1.29 is 14.3 Å². The average molecular weight is 386 g/mol. The van der Waals surface area contributed by atoms with Crippen molar-refractivity contribution >= 4 is 23.6 Å². The van der Waals surface area contributed by atoms with E-state index in [2.05, 4.69) is 17.4 Å². The third kappa shape index (κ3) is 8.78. The first kappa shape index (κ1) is 21.0. The van der Waals surface area contributed by atoms with Gasteiger partial charge in [-0.2, -0.15) is 0 Å². The number of thioether (sulfide) groups is 1. The van der Waals surface area contributed by atoms with Crippen LogP contribution < -0.4 is 5.32 Å². The summed E-state index contributed by atoms with van der Waals surface area (Å²) >= 11 is 1.69. The molecule has 0 heterocycles. The summed E-state index contributed by atoms with van der Waals surface area (Å²) in [7, 11) is 0. The Balaban J connectivity index is 1.51. The minimum atomic E-state index is -0.233. The number of ether oxygens (including phenoxy) is 1. The Hall–Kier alpha value is -2.27. The van der Waals surface area contributed by atoms with Gasteiger partial charge < -0.3 is 10.1 Å². The van der Waals surface area contributed by atoms with E-state index in [1.807, 2.05) is 48.7 Å². The van der Waals surface area contributed by atoms with E-state index in [-0.39, 0.29) is 18.3 Å². The SMILES string of the molecule is CSc1ccc(CNC(=O)CCCC(=O)OCCCc2ccccc2)cc1. The number of carbonyl (C=O) groups excluding carboxylic acids is 2. The Kier molecular flexibility index (Phi) is 9.49. The zero-order chi connectivity index (χ0) is 19.3. The van der Waals surface area contributed by atoms with Crippen molar-refractivity contribution in [2.24, 2.45) is 0 Å². The quantitative estimate of drug-likeness (QED) is 0.354. The van der Waals surface area contributed by atoms with Crippen LogP contribution in [0.5, 0.6) is 0 Å². The first-order valence-electron chi connectivity index (χ1n) is 9.26. The lowest BCUT2D eigenvalue weighted by atomic mass is 10.1. The van der Waals surface area contributed by atoms with Crippen LogP contribution in [0.2, 0.25) is 0 Å². The topological polar surface area (TPSA) is 55.4 Å². The highest BCUT2D eigenvalue weighted by atomic mass is 32.2. The van der Waals surface area contributed by atoms with E-state index >= 15 is 0 Å². The second kappa shape index (κ2) is 12.2. The summed E-state index contributed by atoms with van der Waals surface area (Å²) in [5, 5.41) is 2.88. The first-order valence-corrected chi connectivity index (χ1v) is 10.5. The highest BCUT2D eigenvalue weighted by Crippen LogP contribution is 2.14. The molecule has 4 nitrogen and oxygen atoms in total. The lowest BCUT2D eigenvalue weighted by Crippen LogP contribution is -2.22. The summed E-state index contributed by atoms with van der Waals surface area (Å²) in [5.41, 5.74) is 2.31. The third-order valence-electron chi connectivity index (χ3n) is 4.15. The number of nitrogens with one attached hydrogen (secondary N) is 1. The largest absolute Gasteiger partial charge is 0.466 e. The van der Waals surface area contributed by atoms with Crippen LogP contribution in [-0.2, 0) is 27.3 Å². The number of hydrogen-bond acceptors (Lipinski definition) is 4. The summed E-state index contributed by atoms with van der Waals surface area (Å²) in [4.78, 5) is 24.8. The number of carbonyl (C=O) groups is 2. The molecule has 0 fully saturated rings. The Morgan fingerprint density at radius 1 is 0.926 bits per heavy atom. The molecule has 0 atom stereocenters. The van der Waals surface area contributed by atoms with Gasteiger partial charge in [0.25, 0.3) is 0 Å². The van der Waals surface area contributed by atoms with Gasteiger partial charge in [0, 0.05) is 24.3 Å². The zero-order valence-electron chi connectivity index (χ0n) is 15.8. The van der Waals surface area contributed by atoms with Crippen molar-refractivity contribution in [3.8, 4) is 0 Å².